The Morgan fingerprint density at radius 3 is 2.82 bits per heavy atom. The number of nitrogens with one attached hydrogen (secondary N) is 2. The molecule has 120 valence electrons. The molecule has 3 rings (SSSR count). The fourth-order valence-electron chi connectivity index (χ4n) is 3.42. The normalized spacial score (nSPS) is 18.0. The van der Waals surface area contributed by atoms with Crippen molar-refractivity contribution in [3.63, 3.8) is 0 Å². The van der Waals surface area contributed by atoms with Crippen molar-refractivity contribution in [2.45, 2.75) is 32.1 Å². The van der Waals surface area contributed by atoms with E-state index < -0.39 is 0 Å². The first-order chi connectivity index (χ1) is 10.8. The second-order valence-corrected chi connectivity index (χ2v) is 6.50. The minimum absolute atomic E-state index is 0.0812. The lowest BCUT2D eigenvalue weighted by molar-refractivity contribution is 0.216. The third-order valence-corrected chi connectivity index (χ3v) is 5.00. The fraction of sp³-hybridized carbons (Fsp3) is 0.588. The Balaban J connectivity index is 1.58. The van der Waals surface area contributed by atoms with Crippen LogP contribution in [-0.4, -0.2) is 43.7 Å². The summed E-state index contributed by atoms with van der Waals surface area (Å²) in [5.74, 6) is 0. The topological polar surface area (TPSA) is 44.4 Å². The van der Waals surface area contributed by atoms with Gasteiger partial charge in [-0.05, 0) is 68.0 Å². The van der Waals surface area contributed by atoms with Crippen molar-refractivity contribution in [2.24, 2.45) is 0 Å². The van der Waals surface area contributed by atoms with Gasteiger partial charge in [-0.15, -0.1) is 0 Å². The number of unbranched alkanes of at least 4 members (excludes halogenated alkanes) is 1. The van der Waals surface area contributed by atoms with Gasteiger partial charge in [0.15, 0.2) is 0 Å². The van der Waals surface area contributed by atoms with Gasteiger partial charge >= 0.3 is 6.03 Å². The summed E-state index contributed by atoms with van der Waals surface area (Å²) in [5, 5.41) is 7.20. The van der Waals surface area contributed by atoms with E-state index in [0.717, 1.165) is 69.9 Å². The molecule has 1 aromatic rings. The van der Waals surface area contributed by atoms with Gasteiger partial charge in [-0.25, -0.2) is 4.79 Å². The summed E-state index contributed by atoms with van der Waals surface area (Å²) >= 11 is 6.45. The van der Waals surface area contributed by atoms with E-state index in [9.17, 15) is 4.79 Å². The molecule has 0 atom stereocenters. The number of carbonyl (C=O) groups excluding carboxylic acids is 1. The predicted octanol–water partition coefficient (Wildman–Crippen LogP) is 2.38. The van der Waals surface area contributed by atoms with Crippen molar-refractivity contribution in [2.75, 3.05) is 32.7 Å². The number of nitrogens with zero attached hydrogens (tertiary/aromatic N) is 1. The van der Waals surface area contributed by atoms with Crippen LogP contribution in [0.1, 0.15) is 29.5 Å². The molecule has 1 aromatic carbocycles. The van der Waals surface area contributed by atoms with Crippen LogP contribution in [0.2, 0.25) is 5.02 Å². The van der Waals surface area contributed by atoms with E-state index >= 15 is 0 Å². The number of carbonyl (C=O) groups is 1. The first-order valence-electron chi connectivity index (χ1n) is 8.28. The molecule has 2 amide bonds. The molecule has 22 heavy (non-hydrogen) atoms. The van der Waals surface area contributed by atoms with Gasteiger partial charge in [0.1, 0.15) is 0 Å². The Labute approximate surface area is 137 Å². The van der Waals surface area contributed by atoms with Gasteiger partial charge in [-0.2, -0.15) is 0 Å². The van der Waals surface area contributed by atoms with Gasteiger partial charge < -0.3 is 15.5 Å². The minimum atomic E-state index is 0.0812. The fourth-order valence-corrected chi connectivity index (χ4v) is 3.69. The summed E-state index contributed by atoms with van der Waals surface area (Å²) in [6.07, 6.45) is 5.28. The minimum Gasteiger partial charge on any atom is -0.336 e. The maximum Gasteiger partial charge on any atom is 0.317 e. The molecule has 2 N–H and O–H groups in total. The van der Waals surface area contributed by atoms with Crippen LogP contribution in [0.3, 0.4) is 0 Å². The maximum absolute atomic E-state index is 11.5. The monoisotopic (exact) mass is 321 g/mol. The third kappa shape index (κ3) is 3.55. The molecular formula is C17H24ClN3O. The van der Waals surface area contributed by atoms with Crippen molar-refractivity contribution in [1.29, 1.82) is 0 Å². The zero-order valence-corrected chi connectivity index (χ0v) is 13.7. The van der Waals surface area contributed by atoms with Gasteiger partial charge in [-0.3, -0.25) is 0 Å². The molecule has 0 spiro atoms. The predicted molar refractivity (Wildman–Crippen MR) is 89.6 cm³/mol. The van der Waals surface area contributed by atoms with Crippen LogP contribution in [0.5, 0.6) is 0 Å². The second-order valence-electron chi connectivity index (χ2n) is 6.09. The van der Waals surface area contributed by atoms with E-state index in [-0.39, 0.29) is 6.03 Å². The molecule has 1 saturated heterocycles. The average Bonchev–Trinajstić information content (AvgIpc) is 2.78. The summed E-state index contributed by atoms with van der Waals surface area (Å²) < 4.78 is 0. The van der Waals surface area contributed by atoms with Crippen LogP contribution in [-0.2, 0) is 19.3 Å². The van der Waals surface area contributed by atoms with Gasteiger partial charge in [0.2, 0.25) is 0 Å². The van der Waals surface area contributed by atoms with Gasteiger partial charge in [0.05, 0.1) is 0 Å². The largest absolute Gasteiger partial charge is 0.336 e. The van der Waals surface area contributed by atoms with Crippen molar-refractivity contribution >= 4 is 17.6 Å². The molecular weight excluding hydrogens is 298 g/mol. The highest BCUT2D eigenvalue weighted by molar-refractivity contribution is 6.31. The lowest BCUT2D eigenvalue weighted by atomic mass is 9.94. The molecule has 2 aliphatic rings. The van der Waals surface area contributed by atoms with Crippen LogP contribution < -0.4 is 10.6 Å². The Kier molecular flexibility index (Phi) is 5.21. The van der Waals surface area contributed by atoms with Crippen molar-refractivity contribution in [1.82, 2.24) is 15.5 Å². The summed E-state index contributed by atoms with van der Waals surface area (Å²) in [4.78, 5) is 13.4. The molecule has 5 heteroatoms. The molecule has 0 saturated carbocycles. The van der Waals surface area contributed by atoms with E-state index in [1.54, 1.807) is 0 Å². The number of halogens is 1. The lowest BCUT2D eigenvalue weighted by Crippen LogP contribution is -2.29. The van der Waals surface area contributed by atoms with Crippen LogP contribution in [0.15, 0.2) is 12.1 Å². The number of hydrogen-bond donors (Lipinski definition) is 2. The number of amides is 2. The standard InChI is InChI=1S/C17H24ClN3O/c18-16-5-4-13-6-8-19-9-7-14(13)15(16)3-1-2-11-21-12-10-20-17(21)22/h4-5,19H,1-3,6-12H2,(H,20,22). The number of hydrogen-bond acceptors (Lipinski definition) is 2. The average molecular weight is 322 g/mol. The first-order valence-corrected chi connectivity index (χ1v) is 8.66. The SMILES string of the molecule is O=C1NCCN1CCCCc1c(Cl)ccc2c1CCNCC2. The van der Waals surface area contributed by atoms with E-state index in [4.69, 9.17) is 11.6 Å². The molecule has 1 fully saturated rings. The Bertz CT molecular complexity index is 547. The molecule has 0 aromatic heterocycles. The van der Waals surface area contributed by atoms with E-state index in [0.29, 0.717) is 0 Å². The Morgan fingerprint density at radius 1 is 1.14 bits per heavy atom. The Hall–Kier alpha value is -1.26. The highest BCUT2D eigenvalue weighted by atomic mass is 35.5. The molecule has 4 nitrogen and oxygen atoms in total. The van der Waals surface area contributed by atoms with Gasteiger partial charge in [0, 0.05) is 24.7 Å². The summed E-state index contributed by atoms with van der Waals surface area (Å²) in [7, 11) is 0. The zero-order chi connectivity index (χ0) is 15.4. The molecule has 0 aliphatic carbocycles. The second kappa shape index (κ2) is 7.34. The molecule has 2 heterocycles. The summed E-state index contributed by atoms with van der Waals surface area (Å²) in [5.41, 5.74) is 4.23. The highest BCUT2D eigenvalue weighted by Gasteiger charge is 2.19. The number of fused-ring (bicyclic) bond motifs is 1. The summed E-state index contributed by atoms with van der Waals surface area (Å²) in [6, 6.07) is 4.32. The maximum atomic E-state index is 11.5. The third-order valence-electron chi connectivity index (χ3n) is 4.64. The Morgan fingerprint density at radius 2 is 2.00 bits per heavy atom. The number of benzene rings is 1. The van der Waals surface area contributed by atoms with E-state index in [2.05, 4.69) is 22.8 Å². The van der Waals surface area contributed by atoms with Crippen LogP contribution in [0.25, 0.3) is 0 Å². The number of urea groups is 1. The van der Waals surface area contributed by atoms with Crippen LogP contribution >= 0.6 is 11.6 Å². The molecule has 0 unspecified atom stereocenters. The van der Waals surface area contributed by atoms with Crippen LogP contribution in [0, 0.1) is 0 Å². The van der Waals surface area contributed by atoms with Crippen molar-refractivity contribution < 1.29 is 4.79 Å². The molecule has 0 radical (unpaired) electrons. The van der Waals surface area contributed by atoms with E-state index in [1.807, 2.05) is 4.90 Å². The van der Waals surface area contributed by atoms with Gasteiger partial charge in [0.25, 0.3) is 0 Å². The summed E-state index contributed by atoms with van der Waals surface area (Å²) in [6.45, 7) is 4.56. The van der Waals surface area contributed by atoms with Crippen LogP contribution in [0.4, 0.5) is 4.79 Å². The smallest absolute Gasteiger partial charge is 0.317 e. The highest BCUT2D eigenvalue weighted by Crippen LogP contribution is 2.27. The van der Waals surface area contributed by atoms with E-state index in [1.165, 1.54) is 16.7 Å². The molecule has 0 bridgehead atoms. The lowest BCUT2D eigenvalue weighted by Gasteiger charge is -2.16. The van der Waals surface area contributed by atoms with Crippen molar-refractivity contribution in [3.8, 4) is 0 Å². The zero-order valence-electron chi connectivity index (χ0n) is 13.0. The first kappa shape index (κ1) is 15.6. The quantitative estimate of drug-likeness (QED) is 0.818. The number of rotatable bonds is 5. The molecule has 2 aliphatic heterocycles. The van der Waals surface area contributed by atoms with Crippen molar-refractivity contribution in [3.05, 3.63) is 33.8 Å². The van der Waals surface area contributed by atoms with Gasteiger partial charge in [-0.1, -0.05) is 17.7 Å².